The first-order chi connectivity index (χ1) is 13.5. The summed E-state index contributed by atoms with van der Waals surface area (Å²) >= 11 is 4.36. The van der Waals surface area contributed by atoms with Crippen LogP contribution in [0.3, 0.4) is 0 Å². The first kappa shape index (κ1) is 18.7. The van der Waals surface area contributed by atoms with Gasteiger partial charge in [-0.3, -0.25) is 19.3 Å². The largest absolute Gasteiger partial charge is 0.333 e. The maximum Gasteiger partial charge on any atom is 0.333 e. The average Bonchev–Trinajstić information content (AvgIpc) is 3.39. The molecule has 0 radical (unpaired) electrons. The number of amides is 2. The highest BCUT2D eigenvalue weighted by Crippen LogP contribution is 2.25. The average molecular weight is 398 g/mol. The Labute approximate surface area is 168 Å². The van der Waals surface area contributed by atoms with Gasteiger partial charge >= 0.3 is 6.03 Å². The van der Waals surface area contributed by atoms with Gasteiger partial charge in [-0.25, -0.2) is 14.8 Å². The van der Waals surface area contributed by atoms with E-state index in [2.05, 4.69) is 52.0 Å². The van der Waals surface area contributed by atoms with Gasteiger partial charge in [-0.05, 0) is 44.9 Å². The molecule has 9 heteroatoms. The Hall–Kier alpha value is -2.68. The number of carbonyl (C=O) groups excluding carboxylic acids is 1. The Morgan fingerprint density at radius 2 is 2.00 bits per heavy atom. The third-order valence-corrected chi connectivity index (χ3v) is 5.43. The highest BCUT2D eigenvalue weighted by molar-refractivity contribution is 7.78. The second kappa shape index (κ2) is 7.75. The quantitative estimate of drug-likeness (QED) is 0.647. The first-order valence-corrected chi connectivity index (χ1v) is 9.89. The van der Waals surface area contributed by atoms with Crippen LogP contribution in [-0.4, -0.2) is 41.1 Å². The zero-order chi connectivity index (χ0) is 19.7. The molecule has 146 valence electrons. The maximum absolute atomic E-state index is 12.4. The highest BCUT2D eigenvalue weighted by Gasteiger charge is 2.24. The van der Waals surface area contributed by atoms with Gasteiger partial charge in [-0.1, -0.05) is 25.7 Å². The molecule has 2 amide bonds. The molecule has 0 aliphatic heterocycles. The van der Waals surface area contributed by atoms with E-state index in [1.807, 2.05) is 16.9 Å². The van der Waals surface area contributed by atoms with Crippen LogP contribution in [0, 0.1) is 0 Å². The van der Waals surface area contributed by atoms with Crippen LogP contribution in [0.4, 0.5) is 10.6 Å². The number of fused-ring (bicyclic) bond motifs is 1. The Morgan fingerprint density at radius 1 is 1.21 bits per heavy atom. The summed E-state index contributed by atoms with van der Waals surface area (Å²) in [6.07, 6.45) is 7.84. The van der Waals surface area contributed by atoms with E-state index in [0.717, 1.165) is 31.4 Å². The van der Waals surface area contributed by atoms with Crippen molar-refractivity contribution in [2.75, 3.05) is 5.32 Å². The maximum atomic E-state index is 12.4. The second-order valence-corrected chi connectivity index (χ2v) is 7.71. The lowest BCUT2D eigenvalue weighted by Gasteiger charge is -2.22. The van der Waals surface area contributed by atoms with E-state index in [1.54, 1.807) is 18.3 Å². The molecule has 0 bridgehead atoms. The van der Waals surface area contributed by atoms with E-state index in [0.29, 0.717) is 22.7 Å². The van der Waals surface area contributed by atoms with Crippen LogP contribution in [-0.2, 0) is 0 Å². The van der Waals surface area contributed by atoms with Gasteiger partial charge in [-0.15, -0.1) is 0 Å². The zero-order valence-corrected chi connectivity index (χ0v) is 16.8. The van der Waals surface area contributed by atoms with E-state index in [9.17, 15) is 4.79 Å². The molecule has 1 aliphatic rings. The van der Waals surface area contributed by atoms with Crippen molar-refractivity contribution in [1.29, 1.82) is 0 Å². The third-order valence-electron chi connectivity index (χ3n) is 4.92. The topological polar surface area (TPSA) is 88.8 Å². The van der Waals surface area contributed by atoms with Crippen LogP contribution in [0.15, 0.2) is 30.6 Å². The van der Waals surface area contributed by atoms with Crippen LogP contribution in [0.2, 0.25) is 0 Å². The van der Waals surface area contributed by atoms with E-state index in [1.165, 1.54) is 4.31 Å². The number of hydrogen-bond acceptors (Lipinski definition) is 6. The standard InChI is InChI=1S/C19H23N7OS/c1-12(2)25-10-9-14(24-25)16-11-20-15-7-8-17(22-18(15)21-16)23-19(27)26(28)13-5-3-4-6-13/h7-13,28H,3-6H2,1-2H3,(H,21,22,23,27). The van der Waals surface area contributed by atoms with Crippen LogP contribution < -0.4 is 5.32 Å². The van der Waals surface area contributed by atoms with Gasteiger partial charge in [0.1, 0.15) is 22.7 Å². The summed E-state index contributed by atoms with van der Waals surface area (Å²) in [5, 5.41) is 7.33. The number of hydrogen-bond donors (Lipinski definition) is 2. The summed E-state index contributed by atoms with van der Waals surface area (Å²) in [4.78, 5) is 25.9. The molecule has 1 saturated carbocycles. The van der Waals surface area contributed by atoms with Crippen molar-refractivity contribution in [1.82, 2.24) is 29.0 Å². The molecule has 4 rings (SSSR count). The number of aromatic nitrogens is 5. The minimum Gasteiger partial charge on any atom is -0.291 e. The third kappa shape index (κ3) is 3.80. The lowest BCUT2D eigenvalue weighted by molar-refractivity contribution is 0.230. The minimum atomic E-state index is -0.276. The fourth-order valence-electron chi connectivity index (χ4n) is 3.33. The first-order valence-electron chi connectivity index (χ1n) is 9.49. The molecule has 0 unspecified atom stereocenters. The van der Waals surface area contributed by atoms with Crippen molar-refractivity contribution in [2.45, 2.75) is 51.6 Å². The molecule has 0 atom stereocenters. The summed E-state index contributed by atoms with van der Waals surface area (Å²) in [5.74, 6) is 0.425. The smallest absolute Gasteiger partial charge is 0.291 e. The van der Waals surface area contributed by atoms with Gasteiger partial charge in [0.25, 0.3) is 0 Å². The lowest BCUT2D eigenvalue weighted by Crippen LogP contribution is -2.34. The number of rotatable bonds is 4. The van der Waals surface area contributed by atoms with Crippen molar-refractivity contribution >= 4 is 35.8 Å². The Bertz CT molecular complexity index is 997. The number of anilines is 1. The predicted octanol–water partition coefficient (Wildman–Crippen LogP) is 4.09. The fourth-order valence-corrected chi connectivity index (χ4v) is 3.62. The van der Waals surface area contributed by atoms with Crippen LogP contribution in [0.1, 0.15) is 45.6 Å². The normalized spacial score (nSPS) is 14.7. The number of thiol groups is 1. The molecule has 1 fully saturated rings. The zero-order valence-electron chi connectivity index (χ0n) is 15.9. The Balaban J connectivity index is 1.56. The van der Waals surface area contributed by atoms with Gasteiger partial charge in [0.15, 0.2) is 5.65 Å². The fraction of sp³-hybridized carbons (Fsp3) is 0.421. The molecule has 3 aromatic rings. The SMILES string of the molecule is CC(C)n1ccc(-c2cnc3ccc(NC(=O)N(S)C4CCCC4)nc3n2)n1. The van der Waals surface area contributed by atoms with Gasteiger partial charge in [0.05, 0.1) is 6.20 Å². The van der Waals surface area contributed by atoms with E-state index in [-0.39, 0.29) is 18.1 Å². The molecule has 0 saturated heterocycles. The van der Waals surface area contributed by atoms with Crippen molar-refractivity contribution in [3.63, 3.8) is 0 Å². The molecule has 8 nitrogen and oxygen atoms in total. The van der Waals surface area contributed by atoms with E-state index < -0.39 is 0 Å². The molecule has 3 aromatic heterocycles. The van der Waals surface area contributed by atoms with Gasteiger partial charge in [-0.2, -0.15) is 5.10 Å². The summed E-state index contributed by atoms with van der Waals surface area (Å²) in [7, 11) is 0. The highest BCUT2D eigenvalue weighted by atomic mass is 32.1. The molecule has 28 heavy (non-hydrogen) atoms. The Morgan fingerprint density at radius 3 is 2.71 bits per heavy atom. The molecule has 3 heterocycles. The van der Waals surface area contributed by atoms with Crippen LogP contribution >= 0.6 is 12.8 Å². The molecule has 0 spiro atoms. The predicted molar refractivity (Wildman–Crippen MR) is 111 cm³/mol. The van der Waals surface area contributed by atoms with Crippen molar-refractivity contribution in [2.24, 2.45) is 0 Å². The summed E-state index contributed by atoms with van der Waals surface area (Å²) < 4.78 is 3.34. The van der Waals surface area contributed by atoms with Crippen LogP contribution in [0.25, 0.3) is 22.6 Å². The number of nitrogens with one attached hydrogen (secondary N) is 1. The molecular weight excluding hydrogens is 374 g/mol. The summed E-state index contributed by atoms with van der Waals surface area (Å²) in [6, 6.07) is 5.58. The van der Waals surface area contributed by atoms with Gasteiger partial charge < -0.3 is 0 Å². The van der Waals surface area contributed by atoms with Crippen LogP contribution in [0.5, 0.6) is 0 Å². The number of pyridine rings is 1. The molecule has 1 N–H and O–H groups in total. The monoisotopic (exact) mass is 397 g/mol. The number of urea groups is 1. The lowest BCUT2D eigenvalue weighted by atomic mass is 10.2. The van der Waals surface area contributed by atoms with E-state index in [4.69, 9.17) is 0 Å². The van der Waals surface area contributed by atoms with Gasteiger partial charge in [0, 0.05) is 18.3 Å². The Kier molecular flexibility index (Phi) is 5.17. The summed E-state index contributed by atoms with van der Waals surface area (Å²) in [6.45, 7) is 4.13. The van der Waals surface area contributed by atoms with E-state index >= 15 is 0 Å². The molecular formula is C19H23N7OS. The van der Waals surface area contributed by atoms with Gasteiger partial charge in [0.2, 0.25) is 0 Å². The van der Waals surface area contributed by atoms with Crippen molar-refractivity contribution in [3.8, 4) is 11.4 Å². The number of nitrogens with zero attached hydrogens (tertiary/aromatic N) is 6. The van der Waals surface area contributed by atoms with Crippen molar-refractivity contribution in [3.05, 3.63) is 30.6 Å². The van der Waals surface area contributed by atoms with Crippen molar-refractivity contribution < 1.29 is 4.79 Å². The number of carbonyl (C=O) groups is 1. The minimum absolute atomic E-state index is 0.172. The summed E-state index contributed by atoms with van der Waals surface area (Å²) in [5.41, 5.74) is 2.50. The second-order valence-electron chi connectivity index (χ2n) is 7.28. The molecule has 1 aliphatic carbocycles. The molecule has 0 aromatic carbocycles.